The fourth-order valence-corrected chi connectivity index (χ4v) is 3.47. The molecule has 1 rings (SSSR count). The molecule has 1 aromatic heterocycles. The summed E-state index contributed by atoms with van der Waals surface area (Å²) in [5.41, 5.74) is 0.506. The molecule has 0 radical (unpaired) electrons. The summed E-state index contributed by atoms with van der Waals surface area (Å²) in [4.78, 5) is 4.14. The maximum absolute atomic E-state index is 11.6. The SMILES string of the molecule is CCc1nc(CS(=O)(=O)CC(O)CO)cs1. The highest BCUT2D eigenvalue weighted by molar-refractivity contribution is 7.90. The van der Waals surface area contributed by atoms with Crippen LogP contribution in [0.15, 0.2) is 5.38 Å². The highest BCUT2D eigenvalue weighted by Crippen LogP contribution is 2.13. The molecule has 0 amide bonds. The van der Waals surface area contributed by atoms with Gasteiger partial charge < -0.3 is 10.2 Å². The van der Waals surface area contributed by atoms with Crippen LogP contribution in [0.5, 0.6) is 0 Å². The largest absolute Gasteiger partial charge is 0.394 e. The summed E-state index contributed by atoms with van der Waals surface area (Å²) in [7, 11) is -3.41. The van der Waals surface area contributed by atoms with Crippen LogP contribution in [0.3, 0.4) is 0 Å². The molecule has 0 aliphatic carbocycles. The lowest BCUT2D eigenvalue weighted by Gasteiger charge is -2.06. The summed E-state index contributed by atoms with van der Waals surface area (Å²) in [6, 6.07) is 0. The molecule has 0 aliphatic rings. The van der Waals surface area contributed by atoms with E-state index in [1.165, 1.54) is 11.3 Å². The second kappa shape index (κ2) is 5.72. The Labute approximate surface area is 98.7 Å². The number of hydrogen-bond donors (Lipinski definition) is 2. The summed E-state index contributed by atoms with van der Waals surface area (Å²) in [5, 5.41) is 20.3. The van der Waals surface area contributed by atoms with Gasteiger partial charge in [-0.25, -0.2) is 13.4 Å². The predicted molar refractivity (Wildman–Crippen MR) is 62.1 cm³/mol. The number of aryl methyl sites for hydroxylation is 1. The predicted octanol–water partition coefficient (Wildman–Crippen LogP) is -0.0265. The molecular weight excluding hydrogens is 250 g/mol. The zero-order chi connectivity index (χ0) is 12.2. The Morgan fingerprint density at radius 2 is 2.25 bits per heavy atom. The first-order valence-electron chi connectivity index (χ1n) is 4.89. The Morgan fingerprint density at radius 3 is 2.75 bits per heavy atom. The van der Waals surface area contributed by atoms with Crippen molar-refractivity contribution in [2.75, 3.05) is 12.4 Å². The Bertz CT molecular complexity index is 426. The molecule has 5 nitrogen and oxygen atoms in total. The Balaban J connectivity index is 2.65. The van der Waals surface area contributed by atoms with E-state index in [0.717, 1.165) is 11.4 Å². The van der Waals surface area contributed by atoms with Crippen LogP contribution >= 0.6 is 11.3 Å². The van der Waals surface area contributed by atoms with Gasteiger partial charge in [0, 0.05) is 5.38 Å². The molecule has 92 valence electrons. The van der Waals surface area contributed by atoms with Gasteiger partial charge in [-0.05, 0) is 6.42 Å². The first-order valence-corrected chi connectivity index (χ1v) is 7.59. The molecule has 1 aromatic rings. The third-order valence-electron chi connectivity index (χ3n) is 1.93. The van der Waals surface area contributed by atoms with Crippen molar-refractivity contribution in [2.24, 2.45) is 0 Å². The highest BCUT2D eigenvalue weighted by atomic mass is 32.2. The summed E-state index contributed by atoms with van der Waals surface area (Å²) < 4.78 is 23.1. The van der Waals surface area contributed by atoms with Gasteiger partial charge in [-0.1, -0.05) is 6.92 Å². The molecule has 1 unspecified atom stereocenters. The van der Waals surface area contributed by atoms with E-state index in [0.29, 0.717) is 5.69 Å². The molecule has 7 heteroatoms. The number of thiazole rings is 1. The molecule has 0 bridgehead atoms. The van der Waals surface area contributed by atoms with Crippen LogP contribution in [-0.2, 0) is 22.0 Å². The van der Waals surface area contributed by atoms with Crippen molar-refractivity contribution in [3.05, 3.63) is 16.1 Å². The average Bonchev–Trinajstić information content (AvgIpc) is 2.63. The van der Waals surface area contributed by atoms with Crippen molar-refractivity contribution in [3.63, 3.8) is 0 Å². The van der Waals surface area contributed by atoms with Crippen LogP contribution in [0.25, 0.3) is 0 Å². The van der Waals surface area contributed by atoms with Crippen molar-refractivity contribution >= 4 is 21.2 Å². The van der Waals surface area contributed by atoms with Crippen molar-refractivity contribution in [1.82, 2.24) is 4.98 Å². The number of nitrogens with zero attached hydrogens (tertiary/aromatic N) is 1. The van der Waals surface area contributed by atoms with Crippen LogP contribution in [0, 0.1) is 0 Å². The molecule has 0 saturated heterocycles. The van der Waals surface area contributed by atoms with Gasteiger partial charge in [-0.3, -0.25) is 0 Å². The van der Waals surface area contributed by atoms with E-state index in [2.05, 4.69) is 4.98 Å². The van der Waals surface area contributed by atoms with Gasteiger partial charge in [-0.2, -0.15) is 0 Å². The second-order valence-corrected chi connectivity index (χ2v) is 6.53. The summed E-state index contributed by atoms with van der Waals surface area (Å²) in [5.74, 6) is -0.608. The lowest BCUT2D eigenvalue weighted by Crippen LogP contribution is -2.25. The first-order chi connectivity index (χ1) is 7.46. The third-order valence-corrected chi connectivity index (χ3v) is 4.60. The minimum absolute atomic E-state index is 0.180. The van der Waals surface area contributed by atoms with E-state index in [1.54, 1.807) is 5.38 Å². The van der Waals surface area contributed by atoms with E-state index in [-0.39, 0.29) is 5.75 Å². The molecule has 2 N–H and O–H groups in total. The number of aromatic nitrogens is 1. The molecule has 0 fully saturated rings. The minimum atomic E-state index is -3.41. The van der Waals surface area contributed by atoms with Crippen LogP contribution in [0.1, 0.15) is 17.6 Å². The zero-order valence-electron chi connectivity index (χ0n) is 8.96. The normalized spacial score (nSPS) is 13.9. The molecule has 0 aliphatic heterocycles. The van der Waals surface area contributed by atoms with Gasteiger partial charge in [0.15, 0.2) is 9.84 Å². The molecule has 1 heterocycles. The molecule has 0 saturated carbocycles. The van der Waals surface area contributed by atoms with Crippen molar-refractivity contribution in [3.8, 4) is 0 Å². The van der Waals surface area contributed by atoms with E-state index < -0.39 is 28.3 Å². The Kier molecular flexibility index (Phi) is 4.85. The van der Waals surface area contributed by atoms with Crippen molar-refractivity contribution < 1.29 is 18.6 Å². The van der Waals surface area contributed by atoms with Gasteiger partial charge in [0.05, 0.1) is 34.9 Å². The minimum Gasteiger partial charge on any atom is -0.394 e. The highest BCUT2D eigenvalue weighted by Gasteiger charge is 2.18. The molecule has 0 aromatic carbocycles. The Morgan fingerprint density at radius 1 is 1.56 bits per heavy atom. The third kappa shape index (κ3) is 4.17. The van der Waals surface area contributed by atoms with Crippen molar-refractivity contribution in [1.29, 1.82) is 0 Å². The van der Waals surface area contributed by atoms with E-state index in [9.17, 15) is 8.42 Å². The van der Waals surface area contributed by atoms with E-state index in [1.807, 2.05) is 6.92 Å². The number of sulfone groups is 1. The molecule has 16 heavy (non-hydrogen) atoms. The standard InChI is InChI=1S/C9H15NO4S2/c1-2-9-10-7(4-15-9)5-16(13,14)6-8(12)3-11/h4,8,11-12H,2-3,5-6H2,1H3. The molecule has 1 atom stereocenters. The van der Waals surface area contributed by atoms with Gasteiger partial charge in [-0.15, -0.1) is 11.3 Å². The smallest absolute Gasteiger partial charge is 0.158 e. The van der Waals surface area contributed by atoms with Crippen LogP contribution in [-0.4, -0.2) is 42.1 Å². The zero-order valence-corrected chi connectivity index (χ0v) is 10.6. The van der Waals surface area contributed by atoms with Crippen molar-refractivity contribution in [2.45, 2.75) is 25.2 Å². The maximum atomic E-state index is 11.6. The van der Waals surface area contributed by atoms with Gasteiger partial charge >= 0.3 is 0 Å². The lowest BCUT2D eigenvalue weighted by atomic mass is 10.4. The summed E-state index contributed by atoms with van der Waals surface area (Å²) in [6.07, 6.45) is -0.432. The van der Waals surface area contributed by atoms with Crippen LogP contribution in [0.2, 0.25) is 0 Å². The topological polar surface area (TPSA) is 87.5 Å². The lowest BCUT2D eigenvalue weighted by molar-refractivity contribution is 0.112. The van der Waals surface area contributed by atoms with Crippen LogP contribution in [0.4, 0.5) is 0 Å². The summed E-state index contributed by atoms with van der Waals surface area (Å²) in [6.45, 7) is 1.41. The fourth-order valence-electron chi connectivity index (χ4n) is 1.21. The van der Waals surface area contributed by atoms with E-state index in [4.69, 9.17) is 10.2 Å². The van der Waals surface area contributed by atoms with Crippen LogP contribution < -0.4 is 0 Å². The van der Waals surface area contributed by atoms with Gasteiger partial charge in [0.1, 0.15) is 0 Å². The van der Waals surface area contributed by atoms with E-state index >= 15 is 0 Å². The maximum Gasteiger partial charge on any atom is 0.158 e. The first kappa shape index (κ1) is 13.6. The van der Waals surface area contributed by atoms with Gasteiger partial charge in [0.2, 0.25) is 0 Å². The molecular formula is C9H15NO4S2. The molecule has 0 spiro atoms. The quantitative estimate of drug-likeness (QED) is 0.754. The van der Waals surface area contributed by atoms with Gasteiger partial charge in [0.25, 0.3) is 0 Å². The monoisotopic (exact) mass is 265 g/mol. The second-order valence-electron chi connectivity index (χ2n) is 3.48. The fraction of sp³-hybridized carbons (Fsp3) is 0.667. The average molecular weight is 265 g/mol. The number of hydrogen-bond acceptors (Lipinski definition) is 6. The number of rotatable bonds is 6. The number of aliphatic hydroxyl groups excluding tert-OH is 2. The summed E-state index contributed by atoms with van der Waals surface area (Å²) >= 11 is 1.43. The number of aliphatic hydroxyl groups is 2. The Hall–Kier alpha value is -0.500.